The van der Waals surface area contributed by atoms with Crippen molar-refractivity contribution in [2.45, 2.75) is 56.9 Å². The second-order valence-corrected chi connectivity index (χ2v) is 12.6. The lowest BCUT2D eigenvalue weighted by molar-refractivity contribution is -0.703. The van der Waals surface area contributed by atoms with Crippen LogP contribution in [0.3, 0.4) is 0 Å². The summed E-state index contributed by atoms with van der Waals surface area (Å²) in [5, 5.41) is 21.5. The quantitative estimate of drug-likeness (QED) is 0.127. The molecule has 14 nitrogen and oxygen atoms in total. The van der Waals surface area contributed by atoms with Crippen molar-refractivity contribution in [3.8, 4) is 0 Å². The SMILES string of the molecule is CC(C)(C)OC(=O)NCCC(=O)NCC(O)C[n+]1cccc(CC(O)(P(=O)(O)O)P(=O)(O)O)c1. The van der Waals surface area contributed by atoms with E-state index in [1.807, 2.05) is 0 Å². The second kappa shape index (κ2) is 11.7. The van der Waals surface area contributed by atoms with Gasteiger partial charge in [0.25, 0.3) is 5.08 Å². The predicted molar refractivity (Wildman–Crippen MR) is 117 cm³/mol. The summed E-state index contributed by atoms with van der Waals surface area (Å²) >= 11 is 0. The third-order valence-electron chi connectivity index (χ3n) is 4.27. The first-order valence-corrected chi connectivity index (χ1v) is 13.3. The van der Waals surface area contributed by atoms with Crippen LogP contribution in [0.5, 0.6) is 0 Å². The van der Waals surface area contributed by atoms with Gasteiger partial charge in [0, 0.05) is 37.6 Å². The Labute approximate surface area is 196 Å². The van der Waals surface area contributed by atoms with Crippen molar-refractivity contribution in [2.75, 3.05) is 13.1 Å². The fraction of sp³-hybridized carbons (Fsp3) is 0.611. The van der Waals surface area contributed by atoms with Crippen molar-refractivity contribution in [3.63, 3.8) is 0 Å². The van der Waals surface area contributed by atoms with E-state index in [2.05, 4.69) is 10.6 Å². The van der Waals surface area contributed by atoms with Gasteiger partial charge in [0.2, 0.25) is 5.91 Å². The average molecular weight is 528 g/mol. The highest BCUT2D eigenvalue weighted by Gasteiger charge is 2.59. The molecule has 0 aromatic carbocycles. The van der Waals surface area contributed by atoms with E-state index in [1.54, 1.807) is 20.8 Å². The summed E-state index contributed by atoms with van der Waals surface area (Å²) in [5.41, 5.74) is -0.684. The standard InChI is InChI=1S/C18H31N3O11P2/c1-17(2,3)32-16(24)19-7-6-15(23)20-10-14(22)12-21-8-4-5-13(11-21)9-18(25,33(26,27)28)34(29,30)31/h4-5,8,11,14,22,25H,6-7,9-10,12H2,1-3H3,(H5-,19,20,23,24,26,27,28,29,30,31)/p+1. The molecule has 1 heterocycles. The fourth-order valence-electron chi connectivity index (χ4n) is 2.66. The van der Waals surface area contributed by atoms with Crippen molar-refractivity contribution < 1.29 is 57.8 Å². The monoisotopic (exact) mass is 528 g/mol. The Hall–Kier alpha value is -1.89. The number of alkyl carbamates (subject to hydrolysis) is 1. The van der Waals surface area contributed by atoms with Gasteiger partial charge in [-0.25, -0.2) is 9.36 Å². The molecule has 0 aliphatic rings. The lowest BCUT2D eigenvalue weighted by Gasteiger charge is -2.28. The summed E-state index contributed by atoms with van der Waals surface area (Å²) in [6.45, 7) is 4.87. The molecule has 1 aromatic rings. The fourth-order valence-corrected chi connectivity index (χ4v) is 4.80. The minimum absolute atomic E-state index is 0.0129. The van der Waals surface area contributed by atoms with Gasteiger partial charge in [-0.3, -0.25) is 13.9 Å². The lowest BCUT2D eigenvalue weighted by Crippen LogP contribution is -2.45. The van der Waals surface area contributed by atoms with Crippen molar-refractivity contribution in [2.24, 2.45) is 0 Å². The van der Waals surface area contributed by atoms with Crippen molar-refractivity contribution in [3.05, 3.63) is 30.1 Å². The van der Waals surface area contributed by atoms with Crippen molar-refractivity contribution in [1.82, 2.24) is 10.6 Å². The molecule has 1 atom stereocenters. The van der Waals surface area contributed by atoms with E-state index < -0.39 is 50.4 Å². The normalized spacial score (nSPS) is 13.8. The maximum Gasteiger partial charge on any atom is 0.407 e. The van der Waals surface area contributed by atoms with E-state index in [0.717, 1.165) is 0 Å². The molecule has 1 aromatic heterocycles. The highest BCUT2D eigenvalue weighted by Crippen LogP contribution is 2.68. The molecule has 0 saturated heterocycles. The molecule has 16 heteroatoms. The van der Waals surface area contributed by atoms with E-state index in [0.29, 0.717) is 0 Å². The molecule has 0 saturated carbocycles. The van der Waals surface area contributed by atoms with Gasteiger partial charge in [0.1, 0.15) is 11.7 Å². The van der Waals surface area contributed by atoms with Crippen molar-refractivity contribution >= 4 is 27.2 Å². The molecule has 0 fully saturated rings. The number of hydrogen-bond donors (Lipinski definition) is 8. The van der Waals surface area contributed by atoms with Crippen LogP contribution in [-0.2, 0) is 31.6 Å². The number of carbonyl (C=O) groups is 2. The Balaban J connectivity index is 2.61. The lowest BCUT2D eigenvalue weighted by atomic mass is 10.2. The zero-order valence-electron chi connectivity index (χ0n) is 19.0. The molecule has 0 aliphatic carbocycles. The van der Waals surface area contributed by atoms with E-state index >= 15 is 0 Å². The molecule has 194 valence electrons. The Morgan fingerprint density at radius 3 is 2.24 bits per heavy atom. The number of carbonyl (C=O) groups excluding carboxylic acids is 2. The van der Waals surface area contributed by atoms with Crippen LogP contribution < -0.4 is 15.2 Å². The summed E-state index contributed by atoms with van der Waals surface area (Å²) in [4.78, 5) is 60.4. The molecular weight excluding hydrogens is 496 g/mol. The number of aromatic nitrogens is 1. The zero-order valence-corrected chi connectivity index (χ0v) is 20.8. The largest absolute Gasteiger partial charge is 0.444 e. The number of pyridine rings is 1. The topological polar surface area (TPSA) is 227 Å². The molecule has 0 bridgehead atoms. The molecule has 1 rings (SSSR count). The molecule has 0 radical (unpaired) electrons. The number of amides is 2. The smallest absolute Gasteiger partial charge is 0.407 e. The second-order valence-electron chi connectivity index (χ2n) is 8.58. The first-order chi connectivity index (χ1) is 15.3. The van der Waals surface area contributed by atoms with Crippen LogP contribution in [0, 0.1) is 0 Å². The number of hydrogen-bond acceptors (Lipinski definition) is 7. The van der Waals surface area contributed by atoms with E-state index in [4.69, 9.17) is 4.74 Å². The predicted octanol–water partition coefficient (Wildman–Crippen LogP) is -1.09. The number of rotatable bonds is 11. The molecule has 0 aliphatic heterocycles. The Morgan fingerprint density at radius 2 is 1.71 bits per heavy atom. The number of nitrogens with zero attached hydrogens (tertiary/aromatic N) is 1. The van der Waals surface area contributed by atoms with Gasteiger partial charge < -0.3 is 45.2 Å². The molecule has 2 amide bonds. The van der Waals surface area contributed by atoms with Crippen LogP contribution in [-0.4, -0.2) is 71.7 Å². The first-order valence-electron chi connectivity index (χ1n) is 10.1. The van der Waals surface area contributed by atoms with Crippen molar-refractivity contribution in [1.29, 1.82) is 0 Å². The number of ether oxygens (including phenoxy) is 1. The minimum Gasteiger partial charge on any atom is -0.444 e. The number of aliphatic hydroxyl groups excluding tert-OH is 1. The third-order valence-corrected chi connectivity index (χ3v) is 8.02. The highest BCUT2D eigenvalue weighted by molar-refractivity contribution is 7.72. The van der Waals surface area contributed by atoms with E-state index in [1.165, 1.54) is 29.1 Å². The van der Waals surface area contributed by atoms with Gasteiger partial charge in [-0.05, 0) is 26.8 Å². The van der Waals surface area contributed by atoms with Gasteiger partial charge in [0.05, 0.1) is 0 Å². The van der Waals surface area contributed by atoms with E-state index in [-0.39, 0.29) is 31.6 Å². The molecule has 34 heavy (non-hydrogen) atoms. The number of aliphatic hydroxyl groups is 2. The summed E-state index contributed by atoms with van der Waals surface area (Å²) in [5.74, 6) is -0.442. The molecule has 0 spiro atoms. The summed E-state index contributed by atoms with van der Waals surface area (Å²) in [7, 11) is -11.2. The van der Waals surface area contributed by atoms with Gasteiger partial charge >= 0.3 is 21.3 Å². The number of nitrogens with one attached hydrogen (secondary N) is 2. The van der Waals surface area contributed by atoms with Crippen LogP contribution in [0.15, 0.2) is 24.5 Å². The van der Waals surface area contributed by atoms with Crippen LogP contribution in [0.25, 0.3) is 0 Å². The first kappa shape index (κ1) is 30.1. The van der Waals surface area contributed by atoms with Crippen LogP contribution in [0.4, 0.5) is 4.79 Å². The third kappa shape index (κ3) is 9.77. The summed E-state index contributed by atoms with van der Waals surface area (Å²) < 4.78 is 29.4. The van der Waals surface area contributed by atoms with Crippen LogP contribution in [0.1, 0.15) is 32.8 Å². The van der Waals surface area contributed by atoms with Gasteiger partial charge in [-0.15, -0.1) is 0 Å². The van der Waals surface area contributed by atoms with Crippen LogP contribution >= 0.6 is 15.2 Å². The summed E-state index contributed by atoms with van der Waals surface area (Å²) in [6.07, 6.45) is -0.150. The van der Waals surface area contributed by atoms with Gasteiger partial charge in [-0.2, -0.15) is 0 Å². The molecular formula is C18H32N3O11P2+. The highest BCUT2D eigenvalue weighted by atomic mass is 31.2. The maximum atomic E-state index is 11.9. The maximum absolute atomic E-state index is 11.9. The van der Waals surface area contributed by atoms with Gasteiger partial charge in [-0.1, -0.05) is 0 Å². The van der Waals surface area contributed by atoms with E-state index in [9.17, 15) is 48.5 Å². The minimum atomic E-state index is -5.61. The zero-order chi connectivity index (χ0) is 26.4. The molecule has 8 N–H and O–H groups in total. The summed E-state index contributed by atoms with van der Waals surface area (Å²) in [6, 6.07) is 2.68. The van der Waals surface area contributed by atoms with Gasteiger partial charge in [0.15, 0.2) is 18.9 Å². The Bertz CT molecular complexity index is 933. The Morgan fingerprint density at radius 1 is 1.12 bits per heavy atom. The van der Waals surface area contributed by atoms with Crippen LogP contribution in [0.2, 0.25) is 0 Å². The average Bonchev–Trinajstić information content (AvgIpc) is 2.63. The Kier molecular flexibility index (Phi) is 10.4. The molecule has 1 unspecified atom stereocenters.